The Balaban J connectivity index is 0.000000243. The van der Waals surface area contributed by atoms with Gasteiger partial charge in [0.25, 0.3) is 40.5 Å². The summed E-state index contributed by atoms with van der Waals surface area (Å²) in [5.74, 6) is -20.0. The summed E-state index contributed by atoms with van der Waals surface area (Å²) in [4.78, 5) is -5.94. The van der Waals surface area contributed by atoms with E-state index < -0.39 is 271 Å². The molecule has 5 aromatic carbocycles. The van der Waals surface area contributed by atoms with E-state index in [1.165, 1.54) is 34.6 Å². The molecular weight excluding hydrogens is 1740 g/mol. The quantitative estimate of drug-likeness (QED) is 0.0379. The van der Waals surface area contributed by atoms with Crippen molar-refractivity contribution in [3.05, 3.63) is 132 Å². The third kappa shape index (κ3) is 25.2. The lowest BCUT2D eigenvalue weighted by atomic mass is 9.80. The summed E-state index contributed by atoms with van der Waals surface area (Å²) in [6.45, 7) is 7.62. The van der Waals surface area contributed by atoms with Gasteiger partial charge in [-0.15, -0.1) is 12.6 Å². The molecule has 5 aliphatic carbocycles. The number of aliphatic hydroxyl groups excluding tert-OH is 1. The number of aliphatic hydroxyl groups is 1. The van der Waals surface area contributed by atoms with Gasteiger partial charge in [-0.2, -0.15) is 86.4 Å². The normalized spacial score (nSPS) is 19.5. The van der Waals surface area contributed by atoms with Crippen LogP contribution in [-0.2, 0) is 103 Å². The third-order valence-electron chi connectivity index (χ3n) is 20.6. The molecule has 666 valence electrons. The highest BCUT2D eigenvalue weighted by Crippen LogP contribution is 2.53. The molecule has 4 fully saturated rings. The molecule has 0 aromatic heterocycles. The highest BCUT2D eigenvalue weighted by Gasteiger charge is 2.59. The molecule has 20 nitrogen and oxygen atoms in total. The van der Waals surface area contributed by atoms with E-state index in [0.29, 0.717) is 24.8 Å². The fourth-order valence-electron chi connectivity index (χ4n) is 14.8. The van der Waals surface area contributed by atoms with E-state index in [1.54, 1.807) is 0 Å². The van der Waals surface area contributed by atoms with E-state index >= 15 is 4.39 Å². The topological polar surface area (TPSA) is 326 Å². The Bertz CT molecular complexity index is 5000. The number of allylic oxidation sites excluding steroid dienone is 1. The van der Waals surface area contributed by atoms with Crippen molar-refractivity contribution in [3.63, 3.8) is 0 Å². The Hall–Kier alpha value is -6.40. The van der Waals surface area contributed by atoms with Crippen molar-refractivity contribution in [2.24, 2.45) is 11.8 Å². The number of hydrogen-bond donors (Lipinski definition) is 5. The molecule has 5 aromatic rings. The van der Waals surface area contributed by atoms with Crippen molar-refractivity contribution in [3.8, 4) is 0 Å². The van der Waals surface area contributed by atoms with Crippen molar-refractivity contribution >= 4 is 67.9 Å². The highest BCUT2D eigenvalue weighted by atomic mass is 32.2. The lowest BCUT2D eigenvalue weighted by molar-refractivity contribution is -0.253. The average molecular weight is 1820 g/mol. The summed E-state index contributed by atoms with van der Waals surface area (Å²) in [6.07, 6.45) is -10.6. The van der Waals surface area contributed by atoms with Crippen LogP contribution in [0.1, 0.15) is 242 Å². The Morgan fingerprint density at radius 2 is 0.805 bits per heavy atom. The minimum absolute atomic E-state index is 0.00413. The maximum Gasteiger partial charge on any atom is 0.425 e. The van der Waals surface area contributed by atoms with E-state index in [2.05, 4.69) is 6.92 Å². The molecule has 45 heteroatoms. The first-order valence-electron chi connectivity index (χ1n) is 36.4. The highest BCUT2D eigenvalue weighted by molar-refractivity contribution is 7.86. The van der Waals surface area contributed by atoms with Crippen molar-refractivity contribution in [2.45, 2.75) is 283 Å². The molecule has 0 saturated heterocycles. The second kappa shape index (κ2) is 39.8. The molecular formula is C73H84F20O20S5. The van der Waals surface area contributed by atoms with Crippen LogP contribution in [-0.4, -0.2) is 113 Å². The Morgan fingerprint density at radius 3 is 1.12 bits per heavy atom. The number of ether oxygens (including phenoxy) is 4. The molecule has 10 rings (SSSR count). The molecule has 0 amide bonds. The maximum atomic E-state index is 15.1. The van der Waals surface area contributed by atoms with E-state index in [-0.39, 0.29) is 61.2 Å². The lowest BCUT2D eigenvalue weighted by Gasteiger charge is -2.30. The Kier molecular flexibility index (Phi) is 33.9. The van der Waals surface area contributed by atoms with Crippen molar-refractivity contribution in [2.75, 3.05) is 0 Å². The van der Waals surface area contributed by atoms with Gasteiger partial charge in [-0.1, -0.05) is 86.1 Å². The first-order chi connectivity index (χ1) is 54.1. The largest absolute Gasteiger partial charge is 0.512 e. The molecule has 5 N–H and O–H groups in total. The SMILES string of the molecule is CC1C(O)=Cc2c(C(C(F)(F)F)C(F)(F)F)cc(S(=O)(=O)O)c3c(F)ccc1c23.CC1CCC(OCc2c(F)c(COC3CCC(C(F)(F)F)CC3)c(F)c(S(=O)(=O)O)c2F)CC1.Cc1c(C(C)C)c(F)c(C(C)C)c(C(F)(F)F)c1S(=O)(=O)O.O=S(=O)(O)c1c(F)c(COC2CCCCC2)c(F)c(COC2CCCCC2)c1F.O=S(=O)=O. The zero-order chi connectivity index (χ0) is 89.6. The fraction of sp³-hybridized carbons (Fsp3) is 0.589. The van der Waals surface area contributed by atoms with Gasteiger partial charge < -0.3 is 24.1 Å². The first-order valence-corrected chi connectivity index (χ1v) is 43.1. The molecule has 0 radical (unpaired) electrons. The molecule has 4 saturated carbocycles. The van der Waals surface area contributed by atoms with Gasteiger partial charge in [-0.3, -0.25) is 18.2 Å². The van der Waals surface area contributed by atoms with Gasteiger partial charge in [0.05, 0.1) is 84.6 Å². The van der Waals surface area contributed by atoms with Crippen LogP contribution in [0.15, 0.2) is 43.5 Å². The predicted molar refractivity (Wildman–Crippen MR) is 380 cm³/mol. The standard InChI is InChI=1S/C22H28F6O5S.C20H27F3O5S.C17H11F7O4S.C14H18F4O3S.O3S/c1-12-2-6-14(7-3-12)32-10-16-18(23)17(20(25)21(19(16)24)34(29,30)31)11-33-15-8-4-13(5-9-15)22(26,27)28;21-17-15(11-27-13-7-3-1-4-8-13)18(22)20(29(24,25)26)19(23)16(17)12-28-14-9-5-2-6-10-14;1-6-7-2-3-10(18)14-12(29(26,27)28)5-9(8(13(7)14)4-11(6)25)15(16(19,20)21)17(22,23)24;1-6(2)9-8(5)13(22(19,20)21)11(14(16,17)18)10(7(3)4)12(9)15;1-4(2)3/h12-15H,2-11H2,1H3,(H,29,30,31);13-14H,1-12H2,(H,24,25,26);2-6,15,25H,1H3,(H,26,27,28);6-7H,1-5H3,(H,19,20,21);. The second-order valence-corrected chi connectivity index (χ2v) is 35.4. The van der Waals surface area contributed by atoms with E-state index in [0.717, 1.165) is 96.1 Å². The fourth-order valence-corrected chi connectivity index (χ4v) is 18.0. The van der Waals surface area contributed by atoms with Gasteiger partial charge in [0, 0.05) is 16.9 Å². The Morgan fingerprint density at radius 1 is 0.458 bits per heavy atom. The minimum atomic E-state index is -5.89. The van der Waals surface area contributed by atoms with Crippen LogP contribution in [0.4, 0.5) is 87.8 Å². The molecule has 1 unspecified atom stereocenters. The van der Waals surface area contributed by atoms with E-state index in [9.17, 15) is 140 Å². The van der Waals surface area contributed by atoms with Crippen molar-refractivity contribution in [1.29, 1.82) is 0 Å². The van der Waals surface area contributed by atoms with Crippen molar-refractivity contribution in [1.82, 2.24) is 0 Å². The number of halogens is 20. The van der Waals surface area contributed by atoms with E-state index in [4.69, 9.17) is 31.6 Å². The monoisotopic (exact) mass is 1820 g/mol. The summed E-state index contributed by atoms with van der Waals surface area (Å²) < 4.78 is 454. The predicted octanol–water partition coefficient (Wildman–Crippen LogP) is 20.2. The van der Waals surface area contributed by atoms with Crippen LogP contribution < -0.4 is 0 Å². The van der Waals surface area contributed by atoms with Crippen molar-refractivity contribution < 1.29 is 176 Å². The van der Waals surface area contributed by atoms with Crippen LogP contribution in [0.25, 0.3) is 16.8 Å². The molecule has 0 spiro atoms. The number of hydrogen-bond acceptors (Lipinski definition) is 16. The van der Waals surface area contributed by atoms with Gasteiger partial charge in [-0.25, -0.2) is 35.1 Å². The maximum absolute atomic E-state index is 15.1. The number of rotatable bonds is 19. The van der Waals surface area contributed by atoms with Crippen LogP contribution >= 0.6 is 0 Å². The molecule has 0 aliphatic heterocycles. The molecule has 0 bridgehead atoms. The van der Waals surface area contributed by atoms with E-state index in [1.807, 2.05) is 0 Å². The Labute approximate surface area is 667 Å². The average Bonchev–Trinajstić information content (AvgIpc) is 0.712. The summed E-state index contributed by atoms with van der Waals surface area (Å²) in [5.41, 5.74) is -8.58. The second-order valence-electron chi connectivity index (χ2n) is 29.6. The van der Waals surface area contributed by atoms with Gasteiger partial charge in [-0.05, 0) is 153 Å². The van der Waals surface area contributed by atoms with Crippen LogP contribution in [0, 0.1) is 65.3 Å². The summed E-state index contributed by atoms with van der Waals surface area (Å²) >= 11 is 0. The summed E-state index contributed by atoms with van der Waals surface area (Å²) in [6, 6.07) is 1.71. The van der Waals surface area contributed by atoms with Gasteiger partial charge >= 0.3 is 35.3 Å². The van der Waals surface area contributed by atoms with Crippen LogP contribution in [0.3, 0.4) is 0 Å². The smallest absolute Gasteiger partial charge is 0.425 e. The molecule has 118 heavy (non-hydrogen) atoms. The summed E-state index contributed by atoms with van der Waals surface area (Å²) in [7, 11) is -24.3. The number of alkyl halides is 12. The lowest BCUT2D eigenvalue weighted by Crippen LogP contribution is -2.35. The third-order valence-corrected chi connectivity index (χ3v) is 24.3. The van der Waals surface area contributed by atoms with Gasteiger partial charge in [0.2, 0.25) is 0 Å². The number of benzene rings is 5. The first kappa shape index (κ1) is 100. The summed E-state index contributed by atoms with van der Waals surface area (Å²) in [5, 5.41) is 8.61. The van der Waals surface area contributed by atoms with Crippen LogP contribution in [0.2, 0.25) is 0 Å². The molecule has 0 heterocycles. The minimum Gasteiger partial charge on any atom is -0.512 e. The molecule has 5 aliphatic rings. The van der Waals surface area contributed by atoms with Gasteiger partial charge in [0.1, 0.15) is 38.8 Å². The zero-order valence-electron chi connectivity index (χ0n) is 63.6. The zero-order valence-corrected chi connectivity index (χ0v) is 67.7. The van der Waals surface area contributed by atoms with Crippen LogP contribution in [0.5, 0.6) is 0 Å². The molecule has 1 atom stereocenters. The van der Waals surface area contributed by atoms with Gasteiger partial charge in [0.15, 0.2) is 39.0 Å².